The molecule has 0 aliphatic heterocycles. The second kappa shape index (κ2) is 7.93. The van der Waals surface area contributed by atoms with E-state index >= 15 is 0 Å². The molecule has 0 aromatic heterocycles. The molecule has 23 heavy (non-hydrogen) atoms. The van der Waals surface area contributed by atoms with Crippen molar-refractivity contribution in [3.05, 3.63) is 53.6 Å². The molecule has 1 amide bonds. The Morgan fingerprint density at radius 3 is 2.57 bits per heavy atom. The molecule has 6 heteroatoms. The SMILES string of the molecule is COc1cc(CCNC(=O)OCc2ccccc2)cc(O)c1O. The lowest BCUT2D eigenvalue weighted by Gasteiger charge is -2.10. The molecule has 0 fully saturated rings. The fourth-order valence-electron chi connectivity index (χ4n) is 2.03. The Kier molecular flexibility index (Phi) is 5.68. The average Bonchev–Trinajstić information content (AvgIpc) is 2.57. The van der Waals surface area contributed by atoms with Gasteiger partial charge in [-0.05, 0) is 29.7 Å². The van der Waals surface area contributed by atoms with Crippen molar-refractivity contribution in [1.82, 2.24) is 5.32 Å². The van der Waals surface area contributed by atoms with Crippen molar-refractivity contribution in [3.8, 4) is 17.2 Å². The van der Waals surface area contributed by atoms with Gasteiger partial charge in [0.15, 0.2) is 11.5 Å². The molecule has 0 bridgehead atoms. The summed E-state index contributed by atoms with van der Waals surface area (Å²) in [6.45, 7) is 0.543. The number of alkyl carbamates (subject to hydrolysis) is 1. The first kappa shape index (κ1) is 16.5. The quantitative estimate of drug-likeness (QED) is 0.713. The maximum absolute atomic E-state index is 11.6. The number of ether oxygens (including phenoxy) is 2. The molecule has 2 aromatic carbocycles. The van der Waals surface area contributed by atoms with Crippen LogP contribution in [-0.4, -0.2) is 30.0 Å². The van der Waals surface area contributed by atoms with Crippen LogP contribution in [0.1, 0.15) is 11.1 Å². The van der Waals surface area contributed by atoms with Gasteiger partial charge in [0, 0.05) is 6.54 Å². The first-order chi connectivity index (χ1) is 11.1. The summed E-state index contributed by atoms with van der Waals surface area (Å²) in [5.41, 5.74) is 1.64. The Balaban J connectivity index is 1.78. The predicted octanol–water partition coefficient (Wildman–Crippen LogP) is 2.58. The van der Waals surface area contributed by atoms with Crippen molar-refractivity contribution in [2.75, 3.05) is 13.7 Å². The van der Waals surface area contributed by atoms with E-state index in [9.17, 15) is 15.0 Å². The first-order valence-electron chi connectivity index (χ1n) is 7.13. The van der Waals surface area contributed by atoms with Crippen LogP contribution in [0.5, 0.6) is 17.2 Å². The Hall–Kier alpha value is -2.89. The van der Waals surface area contributed by atoms with E-state index in [1.54, 1.807) is 6.07 Å². The molecule has 0 spiro atoms. The average molecular weight is 317 g/mol. The third-order valence-electron chi connectivity index (χ3n) is 3.23. The summed E-state index contributed by atoms with van der Waals surface area (Å²) in [4.78, 5) is 11.6. The summed E-state index contributed by atoms with van der Waals surface area (Å²) in [7, 11) is 1.40. The zero-order valence-corrected chi connectivity index (χ0v) is 12.8. The smallest absolute Gasteiger partial charge is 0.407 e. The number of hydrogen-bond donors (Lipinski definition) is 3. The summed E-state index contributed by atoms with van der Waals surface area (Å²) in [6, 6.07) is 12.4. The summed E-state index contributed by atoms with van der Waals surface area (Å²) in [5, 5.41) is 21.8. The second-order valence-electron chi connectivity index (χ2n) is 4.90. The molecular formula is C17H19NO5. The molecule has 2 aromatic rings. The number of carbonyl (C=O) groups excluding carboxylic acids is 1. The molecule has 2 rings (SSSR count). The minimum atomic E-state index is -0.510. The van der Waals surface area contributed by atoms with Crippen LogP contribution in [0.3, 0.4) is 0 Å². The lowest BCUT2D eigenvalue weighted by Crippen LogP contribution is -2.26. The van der Waals surface area contributed by atoms with Gasteiger partial charge in [-0.25, -0.2) is 4.79 Å². The van der Waals surface area contributed by atoms with E-state index in [1.165, 1.54) is 13.2 Å². The third kappa shape index (κ3) is 4.81. The molecule has 3 N–H and O–H groups in total. The van der Waals surface area contributed by atoms with Gasteiger partial charge in [-0.3, -0.25) is 0 Å². The van der Waals surface area contributed by atoms with Gasteiger partial charge in [0.1, 0.15) is 6.61 Å². The molecule has 122 valence electrons. The van der Waals surface area contributed by atoms with E-state index in [0.29, 0.717) is 13.0 Å². The number of phenols is 2. The van der Waals surface area contributed by atoms with Crippen LogP contribution in [0.4, 0.5) is 4.79 Å². The van der Waals surface area contributed by atoms with Crippen molar-refractivity contribution in [2.24, 2.45) is 0 Å². The van der Waals surface area contributed by atoms with E-state index in [-0.39, 0.29) is 23.9 Å². The van der Waals surface area contributed by atoms with E-state index in [0.717, 1.165) is 11.1 Å². The van der Waals surface area contributed by atoms with E-state index in [2.05, 4.69) is 5.32 Å². The monoisotopic (exact) mass is 317 g/mol. The number of nitrogens with one attached hydrogen (secondary N) is 1. The van der Waals surface area contributed by atoms with Gasteiger partial charge in [-0.15, -0.1) is 0 Å². The van der Waals surface area contributed by atoms with Gasteiger partial charge in [0.25, 0.3) is 0 Å². The number of methoxy groups -OCH3 is 1. The van der Waals surface area contributed by atoms with E-state index in [1.807, 2.05) is 30.3 Å². The topological polar surface area (TPSA) is 88.0 Å². The Bertz CT molecular complexity index is 658. The molecular weight excluding hydrogens is 298 g/mol. The van der Waals surface area contributed by atoms with Crippen molar-refractivity contribution >= 4 is 6.09 Å². The van der Waals surface area contributed by atoms with Crippen LogP contribution in [0.2, 0.25) is 0 Å². The van der Waals surface area contributed by atoms with Crippen LogP contribution < -0.4 is 10.1 Å². The number of benzene rings is 2. The Labute approximate surface area is 134 Å². The number of rotatable bonds is 6. The maximum atomic E-state index is 11.6. The van der Waals surface area contributed by atoms with Crippen molar-refractivity contribution in [3.63, 3.8) is 0 Å². The highest BCUT2D eigenvalue weighted by Crippen LogP contribution is 2.36. The highest BCUT2D eigenvalue weighted by Gasteiger charge is 2.10. The predicted molar refractivity (Wildman–Crippen MR) is 84.7 cm³/mol. The molecule has 6 nitrogen and oxygen atoms in total. The van der Waals surface area contributed by atoms with Gasteiger partial charge in [0.05, 0.1) is 7.11 Å². The van der Waals surface area contributed by atoms with Gasteiger partial charge >= 0.3 is 6.09 Å². The van der Waals surface area contributed by atoms with Gasteiger partial charge in [-0.1, -0.05) is 30.3 Å². The second-order valence-corrected chi connectivity index (χ2v) is 4.90. The lowest BCUT2D eigenvalue weighted by molar-refractivity contribution is 0.140. The van der Waals surface area contributed by atoms with Crippen LogP contribution in [0.25, 0.3) is 0 Å². The standard InChI is InChI=1S/C17H19NO5/c1-22-15-10-13(9-14(19)16(15)20)7-8-18-17(21)23-11-12-5-3-2-4-6-12/h2-6,9-10,19-20H,7-8,11H2,1H3,(H,18,21). The molecule has 0 atom stereocenters. The van der Waals surface area contributed by atoms with E-state index < -0.39 is 6.09 Å². The van der Waals surface area contributed by atoms with Crippen molar-refractivity contribution in [2.45, 2.75) is 13.0 Å². The molecule has 0 aliphatic carbocycles. The molecule has 0 radical (unpaired) electrons. The van der Waals surface area contributed by atoms with E-state index in [4.69, 9.17) is 9.47 Å². The lowest BCUT2D eigenvalue weighted by atomic mass is 10.1. The van der Waals surface area contributed by atoms with Gasteiger partial charge in [-0.2, -0.15) is 0 Å². The highest BCUT2D eigenvalue weighted by molar-refractivity contribution is 5.67. The molecule has 0 heterocycles. The van der Waals surface area contributed by atoms with Crippen LogP contribution >= 0.6 is 0 Å². The van der Waals surface area contributed by atoms with Gasteiger partial charge < -0.3 is 25.0 Å². The summed E-state index contributed by atoms with van der Waals surface area (Å²) >= 11 is 0. The number of amides is 1. The minimum absolute atomic E-state index is 0.187. The molecule has 0 saturated heterocycles. The zero-order valence-electron chi connectivity index (χ0n) is 12.8. The number of hydrogen-bond acceptors (Lipinski definition) is 5. The fourth-order valence-corrected chi connectivity index (χ4v) is 2.03. The van der Waals surface area contributed by atoms with Crippen molar-refractivity contribution < 1.29 is 24.5 Å². The largest absolute Gasteiger partial charge is 0.504 e. The summed E-state index contributed by atoms with van der Waals surface area (Å²) in [6.07, 6.45) is -0.0474. The number of aromatic hydroxyl groups is 2. The molecule has 0 unspecified atom stereocenters. The summed E-state index contributed by atoms with van der Waals surface area (Å²) in [5.74, 6) is -0.371. The van der Waals surface area contributed by atoms with Crippen molar-refractivity contribution in [1.29, 1.82) is 0 Å². The summed E-state index contributed by atoms with van der Waals surface area (Å²) < 4.78 is 10.0. The molecule has 0 saturated carbocycles. The Morgan fingerprint density at radius 2 is 1.87 bits per heavy atom. The molecule has 0 aliphatic rings. The maximum Gasteiger partial charge on any atom is 0.407 e. The van der Waals surface area contributed by atoms with Gasteiger partial charge in [0.2, 0.25) is 5.75 Å². The normalized spacial score (nSPS) is 10.1. The third-order valence-corrected chi connectivity index (χ3v) is 3.23. The van der Waals surface area contributed by atoms with Crippen LogP contribution in [0.15, 0.2) is 42.5 Å². The van der Waals surface area contributed by atoms with Crippen LogP contribution in [-0.2, 0) is 17.8 Å². The number of carbonyl (C=O) groups is 1. The number of phenolic OH excluding ortho intramolecular Hbond substituents is 2. The first-order valence-corrected chi connectivity index (χ1v) is 7.13. The Morgan fingerprint density at radius 1 is 1.13 bits per heavy atom. The fraction of sp³-hybridized carbons (Fsp3) is 0.235. The highest BCUT2D eigenvalue weighted by atomic mass is 16.5. The van der Waals surface area contributed by atoms with Crippen LogP contribution in [0, 0.1) is 0 Å². The minimum Gasteiger partial charge on any atom is -0.504 e. The zero-order chi connectivity index (χ0) is 16.7.